The Hall–Kier alpha value is -3.10. The molecular formula is C56H88N2. The second-order valence-corrected chi connectivity index (χ2v) is 17.0. The van der Waals surface area contributed by atoms with Crippen LogP contribution in [0.25, 0.3) is 0 Å². The lowest BCUT2D eigenvalue weighted by atomic mass is 10.00. The van der Waals surface area contributed by atoms with Gasteiger partial charge in [-0.3, -0.25) is 9.98 Å². The van der Waals surface area contributed by atoms with Crippen LogP contribution in [-0.2, 0) is 0 Å². The molecule has 58 heavy (non-hydrogen) atoms. The van der Waals surface area contributed by atoms with Gasteiger partial charge in [0.2, 0.25) is 0 Å². The third-order valence-corrected chi connectivity index (χ3v) is 11.4. The summed E-state index contributed by atoms with van der Waals surface area (Å²) in [6.07, 6.45) is 43.6. The summed E-state index contributed by atoms with van der Waals surface area (Å²) in [5.41, 5.74) is 6.44. The van der Waals surface area contributed by atoms with Crippen LogP contribution in [0.5, 0.6) is 0 Å². The maximum atomic E-state index is 5.38. The monoisotopic (exact) mass is 789 g/mol. The van der Waals surface area contributed by atoms with E-state index in [9.17, 15) is 0 Å². The Morgan fingerprint density at radius 2 is 0.655 bits per heavy atom. The molecule has 0 aliphatic heterocycles. The van der Waals surface area contributed by atoms with Crippen LogP contribution < -0.4 is 0 Å². The van der Waals surface area contributed by atoms with Crippen LogP contribution in [0.3, 0.4) is 0 Å². The second-order valence-electron chi connectivity index (χ2n) is 17.0. The van der Waals surface area contributed by atoms with Crippen LogP contribution in [0.1, 0.15) is 257 Å². The molecule has 0 aliphatic carbocycles. The van der Waals surface area contributed by atoms with Gasteiger partial charge in [-0.2, -0.15) is 0 Å². The topological polar surface area (TPSA) is 24.7 Å². The van der Waals surface area contributed by atoms with Gasteiger partial charge in [-0.15, -0.1) is 0 Å². The van der Waals surface area contributed by atoms with Crippen LogP contribution in [0.15, 0.2) is 58.5 Å². The highest BCUT2D eigenvalue weighted by Gasteiger charge is 2.12. The Kier molecular flexibility index (Phi) is 33.6. The number of aliphatic imine (C=N–C) groups is 2. The highest BCUT2D eigenvalue weighted by atomic mass is 14.8. The van der Waals surface area contributed by atoms with Crippen molar-refractivity contribution in [2.45, 2.75) is 246 Å². The molecule has 0 atom stereocenters. The Morgan fingerprint density at radius 1 is 0.362 bits per heavy atom. The Labute approximate surface area is 360 Å². The minimum Gasteiger partial charge on any atom is -0.252 e. The zero-order valence-electron chi connectivity index (χ0n) is 38.6. The van der Waals surface area contributed by atoms with E-state index in [4.69, 9.17) is 9.98 Å². The summed E-state index contributed by atoms with van der Waals surface area (Å²) in [6.45, 7) is 9.17. The molecule has 2 rings (SSSR count). The standard InChI is InChI=1S/C56H88N2/c1-5-9-13-17-20-22-24-26-28-30-32-35-41-51-43-39-45-53(49-51)57-55(47-37-16-12-8-4)56(48-38-34-19-15-11-7-3)58-54-46-40-44-52(50-54)42-36-33-31-29-27-25-23-21-18-14-10-6-2/h39-40,43-46,49-50H,5-34,37-38,47-48H2,1-4H3. The summed E-state index contributed by atoms with van der Waals surface area (Å²) in [5.74, 6) is 13.9. The molecule has 0 aromatic heterocycles. The van der Waals surface area contributed by atoms with Gasteiger partial charge in [0.05, 0.1) is 22.8 Å². The summed E-state index contributed by atoms with van der Waals surface area (Å²) >= 11 is 0. The molecule has 2 aromatic carbocycles. The molecule has 0 saturated carbocycles. The number of hydrogen-bond donors (Lipinski definition) is 0. The zero-order valence-corrected chi connectivity index (χ0v) is 38.6. The molecule has 0 fully saturated rings. The van der Waals surface area contributed by atoms with Gasteiger partial charge in [0.1, 0.15) is 0 Å². The largest absolute Gasteiger partial charge is 0.252 e. The van der Waals surface area contributed by atoms with E-state index in [-0.39, 0.29) is 0 Å². The third kappa shape index (κ3) is 28.3. The van der Waals surface area contributed by atoms with E-state index < -0.39 is 0 Å². The quantitative estimate of drug-likeness (QED) is 0.0378. The Balaban J connectivity index is 2.13. The van der Waals surface area contributed by atoms with Crippen molar-refractivity contribution in [3.8, 4) is 23.7 Å². The fourth-order valence-corrected chi connectivity index (χ4v) is 7.67. The predicted molar refractivity (Wildman–Crippen MR) is 261 cm³/mol. The SMILES string of the molecule is CCCCCCCCCCCCC#Cc1cccc(N=C(CCCCCC)C(CCCCCCCC)=Nc2cccc(C#CCCCCCCCCCCCC)c2)c1. The molecule has 0 saturated heterocycles. The van der Waals surface area contributed by atoms with E-state index in [0.29, 0.717) is 0 Å². The maximum absolute atomic E-state index is 5.38. The summed E-state index contributed by atoms with van der Waals surface area (Å²) < 4.78 is 0. The Morgan fingerprint density at radius 3 is 1.00 bits per heavy atom. The summed E-state index contributed by atoms with van der Waals surface area (Å²) in [7, 11) is 0. The molecule has 2 nitrogen and oxygen atoms in total. The number of nitrogens with zero attached hydrogens (tertiary/aromatic N) is 2. The highest BCUT2D eigenvalue weighted by molar-refractivity contribution is 6.43. The van der Waals surface area contributed by atoms with Crippen molar-refractivity contribution in [3.63, 3.8) is 0 Å². The van der Waals surface area contributed by atoms with Gasteiger partial charge in [0.15, 0.2) is 0 Å². The van der Waals surface area contributed by atoms with Gasteiger partial charge < -0.3 is 0 Å². The number of benzene rings is 2. The van der Waals surface area contributed by atoms with E-state index in [2.05, 4.69) is 99.9 Å². The molecule has 0 heterocycles. The van der Waals surface area contributed by atoms with E-state index in [0.717, 1.165) is 72.4 Å². The van der Waals surface area contributed by atoms with Crippen LogP contribution in [0.4, 0.5) is 11.4 Å². The van der Waals surface area contributed by atoms with Crippen molar-refractivity contribution in [3.05, 3.63) is 59.7 Å². The smallest absolute Gasteiger partial charge is 0.0646 e. The summed E-state index contributed by atoms with van der Waals surface area (Å²) in [4.78, 5) is 10.8. The van der Waals surface area contributed by atoms with Crippen molar-refractivity contribution in [1.82, 2.24) is 0 Å². The normalized spacial score (nSPS) is 11.7. The average Bonchev–Trinajstić information content (AvgIpc) is 3.24. The van der Waals surface area contributed by atoms with Crippen molar-refractivity contribution < 1.29 is 0 Å². The minimum absolute atomic E-state index is 0.960. The number of rotatable bonds is 35. The summed E-state index contributed by atoms with van der Waals surface area (Å²) in [6, 6.07) is 17.2. The zero-order chi connectivity index (χ0) is 41.4. The molecule has 2 aromatic rings. The first-order chi connectivity index (χ1) is 28.7. The Bertz CT molecular complexity index is 1460. The molecule has 0 bridgehead atoms. The maximum Gasteiger partial charge on any atom is 0.0646 e. The molecule has 0 N–H and O–H groups in total. The molecular weight excluding hydrogens is 701 g/mol. The second kappa shape index (κ2) is 38.1. The van der Waals surface area contributed by atoms with Crippen molar-refractivity contribution in [2.75, 3.05) is 0 Å². The highest BCUT2D eigenvalue weighted by Crippen LogP contribution is 2.22. The van der Waals surface area contributed by atoms with Gasteiger partial charge in [0.25, 0.3) is 0 Å². The first-order valence-corrected chi connectivity index (χ1v) is 25.0. The summed E-state index contributed by atoms with van der Waals surface area (Å²) in [5, 5.41) is 0. The average molecular weight is 789 g/mol. The van der Waals surface area contributed by atoms with Gasteiger partial charge >= 0.3 is 0 Å². The molecule has 322 valence electrons. The first kappa shape index (κ1) is 51.0. The van der Waals surface area contributed by atoms with E-state index >= 15 is 0 Å². The molecule has 0 aliphatic rings. The van der Waals surface area contributed by atoms with E-state index in [1.807, 2.05) is 0 Å². The lowest BCUT2D eigenvalue weighted by molar-refractivity contribution is 0.558. The van der Waals surface area contributed by atoms with E-state index in [1.165, 1.54) is 180 Å². The first-order valence-electron chi connectivity index (χ1n) is 25.0. The van der Waals surface area contributed by atoms with Crippen molar-refractivity contribution in [1.29, 1.82) is 0 Å². The molecule has 0 spiro atoms. The van der Waals surface area contributed by atoms with E-state index in [1.54, 1.807) is 0 Å². The molecule has 0 unspecified atom stereocenters. The van der Waals surface area contributed by atoms with Crippen molar-refractivity contribution in [2.24, 2.45) is 9.98 Å². The third-order valence-electron chi connectivity index (χ3n) is 11.4. The fourth-order valence-electron chi connectivity index (χ4n) is 7.67. The lowest BCUT2D eigenvalue weighted by Gasteiger charge is -2.12. The van der Waals surface area contributed by atoms with Gasteiger partial charge in [-0.1, -0.05) is 230 Å². The molecule has 0 radical (unpaired) electrons. The van der Waals surface area contributed by atoms with Crippen LogP contribution in [0, 0.1) is 23.7 Å². The van der Waals surface area contributed by atoms with Crippen LogP contribution in [0.2, 0.25) is 0 Å². The number of unbranched alkanes of at least 4 members (excludes halogenated alkanes) is 28. The lowest BCUT2D eigenvalue weighted by Crippen LogP contribution is -2.14. The van der Waals surface area contributed by atoms with Gasteiger partial charge in [0, 0.05) is 24.0 Å². The fraction of sp³-hybridized carbons (Fsp3) is 0.679. The molecule has 0 amide bonds. The van der Waals surface area contributed by atoms with Gasteiger partial charge in [-0.05, 0) is 74.9 Å². The van der Waals surface area contributed by atoms with Crippen molar-refractivity contribution >= 4 is 22.8 Å². The predicted octanol–water partition coefficient (Wildman–Crippen LogP) is 18.6. The van der Waals surface area contributed by atoms with Gasteiger partial charge in [-0.25, -0.2) is 0 Å². The molecule has 2 heteroatoms. The van der Waals surface area contributed by atoms with Crippen LogP contribution in [-0.4, -0.2) is 11.4 Å². The van der Waals surface area contributed by atoms with Crippen LogP contribution >= 0.6 is 0 Å². The number of hydrogen-bond acceptors (Lipinski definition) is 2. The minimum atomic E-state index is 0.960.